The number of Topliss-reactive ketones (excluding diaryl/α,β-unsaturated/α-hetero) is 1. The molecule has 0 saturated carbocycles. The van der Waals surface area contributed by atoms with Crippen LogP contribution in [0.4, 0.5) is 5.69 Å². The highest BCUT2D eigenvalue weighted by Crippen LogP contribution is 2.26. The minimum absolute atomic E-state index is 0.213. The standard InChI is InChI=1S/C15H18N2OS/c1-11(18)4-7-13-10-19-15(16-13)12-5-8-14(9-6-12)17(2)3/h5-6,8-10H,4,7H2,1-3H3. The van der Waals surface area contributed by atoms with E-state index in [1.54, 1.807) is 18.3 Å². The zero-order chi connectivity index (χ0) is 13.8. The van der Waals surface area contributed by atoms with Crippen molar-refractivity contribution in [2.45, 2.75) is 19.8 Å². The van der Waals surface area contributed by atoms with E-state index in [-0.39, 0.29) is 5.78 Å². The lowest BCUT2D eigenvalue weighted by molar-refractivity contribution is -0.116. The number of ketones is 1. The molecule has 4 heteroatoms. The SMILES string of the molecule is CC(=O)CCc1csc(-c2ccc(N(C)C)cc2)n1. The van der Waals surface area contributed by atoms with Crippen molar-refractivity contribution in [2.24, 2.45) is 0 Å². The molecule has 0 aliphatic rings. The highest BCUT2D eigenvalue weighted by Gasteiger charge is 2.06. The van der Waals surface area contributed by atoms with Gasteiger partial charge in [0.2, 0.25) is 0 Å². The summed E-state index contributed by atoms with van der Waals surface area (Å²) >= 11 is 1.63. The number of anilines is 1. The smallest absolute Gasteiger partial charge is 0.130 e. The molecule has 1 aromatic heterocycles. The lowest BCUT2D eigenvalue weighted by Gasteiger charge is -2.11. The van der Waals surface area contributed by atoms with Gasteiger partial charge in [-0.05, 0) is 37.6 Å². The Kier molecular flexibility index (Phi) is 4.32. The summed E-state index contributed by atoms with van der Waals surface area (Å²) in [6.45, 7) is 1.62. The number of hydrogen-bond acceptors (Lipinski definition) is 4. The molecular formula is C15H18N2OS. The second-order valence-corrected chi connectivity index (χ2v) is 5.65. The van der Waals surface area contributed by atoms with Crippen molar-refractivity contribution in [3.8, 4) is 10.6 Å². The molecule has 0 aliphatic carbocycles. The van der Waals surface area contributed by atoms with E-state index in [0.29, 0.717) is 6.42 Å². The van der Waals surface area contributed by atoms with Gasteiger partial charge in [-0.15, -0.1) is 11.3 Å². The van der Waals surface area contributed by atoms with Crippen molar-refractivity contribution in [3.05, 3.63) is 35.3 Å². The Labute approximate surface area is 117 Å². The molecule has 3 nitrogen and oxygen atoms in total. The van der Waals surface area contributed by atoms with Crippen LogP contribution in [0.3, 0.4) is 0 Å². The molecule has 2 aromatic rings. The van der Waals surface area contributed by atoms with Gasteiger partial charge in [-0.2, -0.15) is 0 Å². The molecular weight excluding hydrogens is 256 g/mol. The van der Waals surface area contributed by atoms with Crippen LogP contribution in [0.1, 0.15) is 19.0 Å². The van der Waals surface area contributed by atoms with Gasteiger partial charge >= 0.3 is 0 Å². The van der Waals surface area contributed by atoms with E-state index in [9.17, 15) is 4.79 Å². The fourth-order valence-corrected chi connectivity index (χ4v) is 2.62. The van der Waals surface area contributed by atoms with Crippen molar-refractivity contribution in [3.63, 3.8) is 0 Å². The number of thiazole rings is 1. The summed E-state index contributed by atoms with van der Waals surface area (Å²) in [6, 6.07) is 8.35. The number of nitrogens with zero attached hydrogens (tertiary/aromatic N) is 2. The number of carbonyl (C=O) groups is 1. The Balaban J connectivity index is 2.11. The largest absolute Gasteiger partial charge is 0.378 e. The molecule has 0 unspecified atom stereocenters. The van der Waals surface area contributed by atoms with E-state index in [1.807, 2.05) is 19.5 Å². The van der Waals surface area contributed by atoms with E-state index < -0.39 is 0 Å². The lowest BCUT2D eigenvalue weighted by atomic mass is 10.2. The number of carbonyl (C=O) groups excluding carboxylic acids is 1. The predicted octanol–water partition coefficient (Wildman–Crippen LogP) is 3.40. The molecule has 0 fully saturated rings. The molecule has 0 spiro atoms. The lowest BCUT2D eigenvalue weighted by Crippen LogP contribution is -2.07. The Bertz CT molecular complexity index is 558. The number of hydrogen-bond donors (Lipinski definition) is 0. The molecule has 0 N–H and O–H groups in total. The van der Waals surface area contributed by atoms with E-state index in [4.69, 9.17) is 0 Å². The summed E-state index contributed by atoms with van der Waals surface area (Å²) in [7, 11) is 4.05. The second-order valence-electron chi connectivity index (χ2n) is 4.79. The van der Waals surface area contributed by atoms with Crippen LogP contribution in [0.15, 0.2) is 29.6 Å². The number of benzene rings is 1. The third kappa shape index (κ3) is 3.64. The van der Waals surface area contributed by atoms with Crippen molar-refractivity contribution in [1.29, 1.82) is 0 Å². The van der Waals surface area contributed by atoms with Gasteiger partial charge in [-0.3, -0.25) is 0 Å². The molecule has 19 heavy (non-hydrogen) atoms. The summed E-state index contributed by atoms with van der Waals surface area (Å²) in [6.07, 6.45) is 1.31. The van der Waals surface area contributed by atoms with Crippen LogP contribution >= 0.6 is 11.3 Å². The summed E-state index contributed by atoms with van der Waals surface area (Å²) in [5.41, 5.74) is 3.31. The van der Waals surface area contributed by atoms with Gasteiger partial charge < -0.3 is 9.69 Å². The summed E-state index contributed by atoms with van der Waals surface area (Å²) in [5, 5.41) is 3.06. The summed E-state index contributed by atoms with van der Waals surface area (Å²) < 4.78 is 0. The Morgan fingerprint density at radius 2 is 1.95 bits per heavy atom. The number of aromatic nitrogens is 1. The van der Waals surface area contributed by atoms with Crippen LogP contribution in [-0.4, -0.2) is 24.9 Å². The second kappa shape index (κ2) is 5.97. The van der Waals surface area contributed by atoms with Crippen molar-refractivity contribution in [1.82, 2.24) is 4.98 Å². The van der Waals surface area contributed by atoms with Crippen LogP contribution in [0.2, 0.25) is 0 Å². The van der Waals surface area contributed by atoms with Crippen LogP contribution in [0.25, 0.3) is 10.6 Å². The molecule has 0 saturated heterocycles. The van der Waals surface area contributed by atoms with E-state index in [1.165, 1.54) is 5.69 Å². The van der Waals surface area contributed by atoms with Crippen LogP contribution < -0.4 is 4.90 Å². The maximum absolute atomic E-state index is 11.0. The molecule has 1 heterocycles. The van der Waals surface area contributed by atoms with Crippen LogP contribution in [-0.2, 0) is 11.2 Å². The summed E-state index contributed by atoms with van der Waals surface area (Å²) in [5.74, 6) is 0.213. The third-order valence-electron chi connectivity index (χ3n) is 2.92. The van der Waals surface area contributed by atoms with Gasteiger partial charge in [0, 0.05) is 37.1 Å². The van der Waals surface area contributed by atoms with Gasteiger partial charge in [0.1, 0.15) is 10.8 Å². The fourth-order valence-electron chi connectivity index (χ4n) is 1.76. The average molecular weight is 274 g/mol. The summed E-state index contributed by atoms with van der Waals surface area (Å²) in [4.78, 5) is 17.6. The first-order valence-electron chi connectivity index (χ1n) is 6.28. The van der Waals surface area contributed by atoms with Gasteiger partial charge in [0.05, 0.1) is 5.69 Å². The molecule has 0 atom stereocenters. The average Bonchev–Trinajstić information content (AvgIpc) is 2.85. The minimum atomic E-state index is 0.213. The number of rotatable bonds is 5. The maximum atomic E-state index is 11.0. The van der Waals surface area contributed by atoms with E-state index in [0.717, 1.165) is 22.7 Å². The maximum Gasteiger partial charge on any atom is 0.130 e. The monoisotopic (exact) mass is 274 g/mol. The third-order valence-corrected chi connectivity index (χ3v) is 3.86. The Morgan fingerprint density at radius 1 is 1.26 bits per heavy atom. The Hall–Kier alpha value is -1.68. The van der Waals surface area contributed by atoms with Gasteiger partial charge in [0.15, 0.2) is 0 Å². The Morgan fingerprint density at radius 3 is 2.53 bits per heavy atom. The molecule has 0 radical (unpaired) electrons. The molecule has 1 aromatic carbocycles. The zero-order valence-corrected chi connectivity index (χ0v) is 12.3. The quantitative estimate of drug-likeness (QED) is 0.838. The molecule has 0 aliphatic heterocycles. The molecule has 0 amide bonds. The van der Waals surface area contributed by atoms with Gasteiger partial charge in [-0.25, -0.2) is 4.98 Å². The van der Waals surface area contributed by atoms with E-state index in [2.05, 4.69) is 34.1 Å². The first-order valence-corrected chi connectivity index (χ1v) is 7.16. The van der Waals surface area contributed by atoms with Gasteiger partial charge in [0.25, 0.3) is 0 Å². The predicted molar refractivity (Wildman–Crippen MR) is 80.9 cm³/mol. The molecule has 0 bridgehead atoms. The first kappa shape index (κ1) is 13.7. The first-order chi connectivity index (χ1) is 9.06. The topological polar surface area (TPSA) is 33.2 Å². The molecule has 100 valence electrons. The minimum Gasteiger partial charge on any atom is -0.378 e. The van der Waals surface area contributed by atoms with Crippen LogP contribution in [0.5, 0.6) is 0 Å². The fraction of sp³-hybridized carbons (Fsp3) is 0.333. The van der Waals surface area contributed by atoms with Crippen molar-refractivity contribution < 1.29 is 4.79 Å². The normalized spacial score (nSPS) is 10.5. The number of aryl methyl sites for hydroxylation is 1. The van der Waals surface area contributed by atoms with Crippen LogP contribution in [0, 0.1) is 0 Å². The van der Waals surface area contributed by atoms with Crippen molar-refractivity contribution in [2.75, 3.05) is 19.0 Å². The van der Waals surface area contributed by atoms with Gasteiger partial charge in [-0.1, -0.05) is 0 Å². The highest BCUT2D eigenvalue weighted by atomic mass is 32.1. The zero-order valence-electron chi connectivity index (χ0n) is 11.5. The van der Waals surface area contributed by atoms with Crippen molar-refractivity contribution >= 4 is 22.8 Å². The molecule has 2 rings (SSSR count). The van der Waals surface area contributed by atoms with E-state index >= 15 is 0 Å². The highest BCUT2D eigenvalue weighted by molar-refractivity contribution is 7.13.